The van der Waals surface area contributed by atoms with E-state index in [1.54, 1.807) is 45.2 Å². The van der Waals surface area contributed by atoms with Crippen LogP contribution in [0.2, 0.25) is 0 Å². The van der Waals surface area contributed by atoms with Crippen LogP contribution in [0, 0.1) is 0 Å². The lowest BCUT2D eigenvalue weighted by molar-refractivity contribution is -0.141. The van der Waals surface area contributed by atoms with Crippen LogP contribution in [0.25, 0.3) is 0 Å². The smallest absolute Gasteiger partial charge is 0.410 e. The highest BCUT2D eigenvalue weighted by Gasteiger charge is 2.41. The maximum Gasteiger partial charge on any atom is 0.410 e. The van der Waals surface area contributed by atoms with Gasteiger partial charge in [-0.05, 0) is 57.9 Å². The molecule has 0 bridgehead atoms. The fourth-order valence-electron chi connectivity index (χ4n) is 3.14. The summed E-state index contributed by atoms with van der Waals surface area (Å²) in [4.78, 5) is 43.0. The molecule has 9 heteroatoms. The maximum absolute atomic E-state index is 12.8. The number of hydrogen-bond donors (Lipinski definition) is 3. The lowest BCUT2D eigenvalue weighted by atomic mass is 9.85. The van der Waals surface area contributed by atoms with Crippen molar-refractivity contribution >= 4 is 17.8 Å². The van der Waals surface area contributed by atoms with Crippen LogP contribution in [-0.2, 0) is 22.6 Å². The Morgan fingerprint density at radius 2 is 1.73 bits per heavy atom. The van der Waals surface area contributed by atoms with E-state index in [1.165, 1.54) is 17.0 Å². The summed E-state index contributed by atoms with van der Waals surface area (Å²) in [5.41, 5.74) is 10.3. The number of nitrogens with two attached hydrogens (primary N) is 2. The molecular weight excluding hydrogens is 424 g/mol. The average Bonchev–Trinajstić information content (AvgIpc) is 2.76. The first kappa shape index (κ1) is 26.0. The third kappa shape index (κ3) is 7.37. The fourth-order valence-corrected chi connectivity index (χ4v) is 3.14. The second-order valence-electron chi connectivity index (χ2n) is 8.85. The third-order valence-electron chi connectivity index (χ3n) is 4.88. The zero-order chi connectivity index (χ0) is 24.6. The number of nitrogens with zero attached hydrogens (tertiary/aromatic N) is 2. The molecule has 33 heavy (non-hydrogen) atoms. The van der Waals surface area contributed by atoms with Gasteiger partial charge in [-0.1, -0.05) is 30.3 Å². The average molecular weight is 457 g/mol. The predicted octanol–water partition coefficient (Wildman–Crippen LogP) is 2.72. The minimum absolute atomic E-state index is 0.0596. The van der Waals surface area contributed by atoms with Crippen LogP contribution in [0.15, 0.2) is 48.7 Å². The summed E-state index contributed by atoms with van der Waals surface area (Å²) in [6.07, 6.45) is 1.40. The van der Waals surface area contributed by atoms with Gasteiger partial charge in [0, 0.05) is 18.3 Å². The van der Waals surface area contributed by atoms with Gasteiger partial charge in [0.25, 0.3) is 0 Å². The number of hydrogen-bond acceptors (Lipinski definition) is 7. The monoisotopic (exact) mass is 456 g/mol. The Balaban J connectivity index is 2.22. The molecule has 0 aliphatic heterocycles. The van der Waals surface area contributed by atoms with Crippen molar-refractivity contribution in [1.82, 2.24) is 9.88 Å². The maximum atomic E-state index is 12.8. The number of aliphatic carboxylic acids is 1. The van der Waals surface area contributed by atoms with E-state index in [0.717, 1.165) is 5.56 Å². The molecule has 1 amide bonds. The standard InChI is InChI=1S/C24H32N4O5/c1-23(2,3)33-22(32)28(16-19-7-4-5-14-27-19)15-17-8-10-18(11-9-17)20(29)24(26,21(30)31)12-6-13-25/h4-5,7-11,14H,6,12-13,15-16,25-26H2,1-3H3,(H,30,31)/t24-/m1/s1. The van der Waals surface area contributed by atoms with Crippen molar-refractivity contribution < 1.29 is 24.2 Å². The van der Waals surface area contributed by atoms with E-state index < -0.39 is 29.0 Å². The number of carboxylic acids is 1. The Kier molecular flexibility index (Phi) is 8.67. The Morgan fingerprint density at radius 3 is 2.24 bits per heavy atom. The molecule has 0 aliphatic rings. The number of amides is 1. The number of Topliss-reactive ketones (excluding diaryl/α,β-unsaturated/α-hetero) is 1. The molecule has 178 valence electrons. The predicted molar refractivity (Wildman–Crippen MR) is 123 cm³/mol. The quantitative estimate of drug-likeness (QED) is 0.365. The Labute approximate surface area is 193 Å². The van der Waals surface area contributed by atoms with Crippen molar-refractivity contribution in [3.8, 4) is 0 Å². The lowest BCUT2D eigenvalue weighted by Gasteiger charge is -2.27. The van der Waals surface area contributed by atoms with E-state index in [1.807, 2.05) is 12.1 Å². The Hall–Kier alpha value is -3.30. The Morgan fingerprint density at radius 1 is 1.06 bits per heavy atom. The molecule has 9 nitrogen and oxygen atoms in total. The molecule has 0 saturated heterocycles. The molecular formula is C24H32N4O5. The van der Waals surface area contributed by atoms with E-state index in [0.29, 0.717) is 12.1 Å². The molecule has 0 saturated carbocycles. The molecule has 1 heterocycles. The van der Waals surface area contributed by atoms with Crippen LogP contribution >= 0.6 is 0 Å². The molecule has 5 N–H and O–H groups in total. The topological polar surface area (TPSA) is 149 Å². The first-order valence-electron chi connectivity index (χ1n) is 10.7. The number of carboxylic acid groups (broad SMARTS) is 1. The minimum atomic E-state index is -2.04. The lowest BCUT2D eigenvalue weighted by Crippen LogP contribution is -2.55. The van der Waals surface area contributed by atoms with E-state index >= 15 is 0 Å². The summed E-state index contributed by atoms with van der Waals surface area (Å²) in [5, 5.41) is 9.51. The summed E-state index contributed by atoms with van der Waals surface area (Å²) in [5.74, 6) is -2.08. The van der Waals surface area contributed by atoms with Gasteiger partial charge in [-0.3, -0.25) is 14.7 Å². The van der Waals surface area contributed by atoms with Gasteiger partial charge in [0.05, 0.1) is 12.2 Å². The molecule has 0 radical (unpaired) electrons. The molecule has 2 rings (SSSR count). The van der Waals surface area contributed by atoms with Crippen molar-refractivity contribution in [2.24, 2.45) is 11.5 Å². The van der Waals surface area contributed by atoms with Crippen molar-refractivity contribution in [3.63, 3.8) is 0 Å². The van der Waals surface area contributed by atoms with E-state index in [4.69, 9.17) is 16.2 Å². The highest BCUT2D eigenvalue weighted by atomic mass is 16.6. The summed E-state index contributed by atoms with van der Waals surface area (Å²) in [7, 11) is 0. The van der Waals surface area contributed by atoms with Gasteiger partial charge in [-0.25, -0.2) is 9.59 Å². The third-order valence-corrected chi connectivity index (χ3v) is 4.88. The molecule has 1 atom stereocenters. The van der Waals surface area contributed by atoms with E-state index in [-0.39, 0.29) is 31.6 Å². The SMILES string of the molecule is CC(C)(C)OC(=O)N(Cc1ccc(C(=O)[C@](N)(CCCN)C(=O)O)cc1)Cc1ccccn1. The van der Waals surface area contributed by atoms with Crippen molar-refractivity contribution in [2.75, 3.05) is 6.54 Å². The molecule has 0 fully saturated rings. The number of pyridine rings is 1. The van der Waals surface area contributed by atoms with E-state index in [2.05, 4.69) is 4.98 Å². The van der Waals surface area contributed by atoms with Gasteiger partial charge >= 0.3 is 12.1 Å². The van der Waals surface area contributed by atoms with Crippen molar-refractivity contribution in [3.05, 3.63) is 65.5 Å². The normalized spacial score (nSPS) is 13.1. The highest BCUT2D eigenvalue weighted by Crippen LogP contribution is 2.20. The van der Waals surface area contributed by atoms with Crippen molar-refractivity contribution in [1.29, 1.82) is 0 Å². The first-order chi connectivity index (χ1) is 15.5. The van der Waals surface area contributed by atoms with Gasteiger partial charge in [0.15, 0.2) is 11.3 Å². The van der Waals surface area contributed by atoms with Gasteiger partial charge in [-0.2, -0.15) is 0 Å². The fraction of sp³-hybridized carbons (Fsp3) is 0.417. The summed E-state index contributed by atoms with van der Waals surface area (Å²) in [6.45, 7) is 6.04. The zero-order valence-corrected chi connectivity index (χ0v) is 19.3. The van der Waals surface area contributed by atoms with Crippen LogP contribution in [0.1, 0.15) is 55.2 Å². The highest BCUT2D eigenvalue weighted by molar-refractivity contribution is 6.15. The summed E-state index contributed by atoms with van der Waals surface area (Å²) < 4.78 is 5.53. The van der Waals surface area contributed by atoms with Gasteiger partial charge in [0.2, 0.25) is 0 Å². The molecule has 2 aromatic rings. The number of carbonyl (C=O) groups is 3. The Bertz CT molecular complexity index is 957. The summed E-state index contributed by atoms with van der Waals surface area (Å²) in [6, 6.07) is 11.8. The first-order valence-corrected chi connectivity index (χ1v) is 10.7. The molecule has 0 spiro atoms. The second-order valence-corrected chi connectivity index (χ2v) is 8.85. The number of carbonyl (C=O) groups excluding carboxylic acids is 2. The number of aromatic nitrogens is 1. The summed E-state index contributed by atoms with van der Waals surface area (Å²) >= 11 is 0. The van der Waals surface area contributed by atoms with Gasteiger partial charge in [-0.15, -0.1) is 0 Å². The molecule has 0 aliphatic carbocycles. The van der Waals surface area contributed by atoms with E-state index in [9.17, 15) is 19.5 Å². The van der Waals surface area contributed by atoms with Gasteiger partial charge in [0.1, 0.15) is 5.60 Å². The van der Waals surface area contributed by atoms with Crippen molar-refractivity contribution in [2.45, 2.75) is 57.8 Å². The number of ether oxygens (including phenoxy) is 1. The second kappa shape index (κ2) is 11.0. The van der Waals surface area contributed by atoms with Crippen LogP contribution in [0.5, 0.6) is 0 Å². The number of benzene rings is 1. The number of ketones is 1. The van der Waals surface area contributed by atoms with Gasteiger partial charge < -0.3 is 21.3 Å². The minimum Gasteiger partial charge on any atom is -0.480 e. The molecule has 0 unspecified atom stereocenters. The molecule has 1 aromatic carbocycles. The van der Waals surface area contributed by atoms with Crippen LogP contribution in [0.4, 0.5) is 4.79 Å². The number of rotatable bonds is 10. The van der Waals surface area contributed by atoms with Crippen LogP contribution in [0.3, 0.4) is 0 Å². The molecule has 1 aromatic heterocycles. The largest absolute Gasteiger partial charge is 0.480 e. The van der Waals surface area contributed by atoms with Crippen LogP contribution < -0.4 is 11.5 Å². The zero-order valence-electron chi connectivity index (χ0n) is 19.3. The van der Waals surface area contributed by atoms with Crippen LogP contribution in [-0.4, -0.2) is 50.5 Å².